The van der Waals surface area contributed by atoms with Crippen molar-refractivity contribution in [2.75, 3.05) is 0 Å². The first kappa shape index (κ1) is 17.1. The summed E-state index contributed by atoms with van der Waals surface area (Å²) in [7, 11) is 0. The third-order valence-corrected chi connectivity index (χ3v) is 3.81. The van der Waals surface area contributed by atoms with Crippen LogP contribution in [-0.4, -0.2) is 4.98 Å². The van der Waals surface area contributed by atoms with Gasteiger partial charge in [-0.2, -0.15) is 0 Å². The van der Waals surface area contributed by atoms with Crippen molar-refractivity contribution in [2.24, 2.45) is 5.84 Å². The van der Waals surface area contributed by atoms with Crippen molar-refractivity contribution in [1.29, 1.82) is 0 Å². The van der Waals surface area contributed by atoms with Gasteiger partial charge in [-0.3, -0.25) is 16.3 Å². The van der Waals surface area contributed by atoms with Gasteiger partial charge in [0.15, 0.2) is 0 Å². The first-order chi connectivity index (χ1) is 9.77. The lowest BCUT2D eigenvalue weighted by Gasteiger charge is -2.15. The van der Waals surface area contributed by atoms with Crippen LogP contribution in [0, 0.1) is 6.92 Å². The summed E-state index contributed by atoms with van der Waals surface area (Å²) in [6.45, 7) is 4.28. The number of pyridine rings is 1. The highest BCUT2D eigenvalue weighted by molar-refractivity contribution is 5.13. The number of nitrogens with one attached hydrogen (secondary N) is 1. The minimum absolute atomic E-state index is 0.190. The fourth-order valence-corrected chi connectivity index (χ4v) is 2.56. The fourth-order valence-electron chi connectivity index (χ4n) is 2.56. The summed E-state index contributed by atoms with van der Waals surface area (Å²) in [4.78, 5) is 4.55. The van der Waals surface area contributed by atoms with Crippen LogP contribution in [0.25, 0.3) is 0 Å². The summed E-state index contributed by atoms with van der Waals surface area (Å²) in [5, 5.41) is 0. The predicted molar refractivity (Wildman–Crippen MR) is 86.3 cm³/mol. The standard InChI is InChI=1S/C17H31N3/c1-3-4-5-6-7-8-9-10-13-17(20-18)16-14-11-12-15(2)19-16/h11-12,14,17,20H,3-10,13,18H2,1-2H3. The molecule has 0 aliphatic heterocycles. The highest BCUT2D eigenvalue weighted by Crippen LogP contribution is 2.18. The molecule has 1 heterocycles. The minimum Gasteiger partial charge on any atom is -0.271 e. The average molecular weight is 277 g/mol. The van der Waals surface area contributed by atoms with Gasteiger partial charge in [-0.15, -0.1) is 0 Å². The molecule has 1 aromatic heterocycles. The van der Waals surface area contributed by atoms with E-state index in [-0.39, 0.29) is 6.04 Å². The van der Waals surface area contributed by atoms with E-state index in [2.05, 4.69) is 29.5 Å². The van der Waals surface area contributed by atoms with E-state index >= 15 is 0 Å². The zero-order valence-electron chi connectivity index (χ0n) is 13.2. The average Bonchev–Trinajstić information content (AvgIpc) is 2.46. The molecule has 0 saturated carbocycles. The number of hydrogen-bond acceptors (Lipinski definition) is 3. The topological polar surface area (TPSA) is 50.9 Å². The summed E-state index contributed by atoms with van der Waals surface area (Å²) < 4.78 is 0. The van der Waals surface area contributed by atoms with E-state index in [1.807, 2.05) is 13.0 Å². The molecule has 0 bridgehead atoms. The number of nitrogens with two attached hydrogens (primary N) is 1. The Hall–Kier alpha value is -0.930. The monoisotopic (exact) mass is 277 g/mol. The number of unbranched alkanes of at least 4 members (excludes halogenated alkanes) is 7. The van der Waals surface area contributed by atoms with E-state index in [4.69, 9.17) is 5.84 Å². The van der Waals surface area contributed by atoms with Crippen molar-refractivity contribution >= 4 is 0 Å². The van der Waals surface area contributed by atoms with Crippen molar-refractivity contribution in [3.8, 4) is 0 Å². The second kappa shape index (κ2) is 10.8. The quantitative estimate of drug-likeness (QED) is 0.357. The molecular weight excluding hydrogens is 246 g/mol. The Bertz CT molecular complexity index is 352. The molecule has 0 spiro atoms. The Morgan fingerprint density at radius 2 is 1.70 bits per heavy atom. The van der Waals surface area contributed by atoms with Crippen LogP contribution in [0.5, 0.6) is 0 Å². The summed E-state index contributed by atoms with van der Waals surface area (Å²) in [6.07, 6.45) is 11.8. The Morgan fingerprint density at radius 1 is 1.05 bits per heavy atom. The summed E-state index contributed by atoms with van der Waals surface area (Å²) in [6, 6.07) is 6.32. The molecule has 0 aliphatic carbocycles. The Kier molecular flexibility index (Phi) is 9.25. The number of aryl methyl sites for hydroxylation is 1. The van der Waals surface area contributed by atoms with Gasteiger partial charge in [0.25, 0.3) is 0 Å². The van der Waals surface area contributed by atoms with E-state index in [0.717, 1.165) is 17.8 Å². The maximum atomic E-state index is 5.66. The lowest BCUT2D eigenvalue weighted by Crippen LogP contribution is -2.28. The number of nitrogens with zero attached hydrogens (tertiary/aromatic N) is 1. The van der Waals surface area contributed by atoms with Gasteiger partial charge in [0.2, 0.25) is 0 Å². The number of hydrogen-bond donors (Lipinski definition) is 2. The molecule has 3 nitrogen and oxygen atoms in total. The Balaban J connectivity index is 2.16. The van der Waals surface area contributed by atoms with Crippen molar-refractivity contribution in [2.45, 2.75) is 77.7 Å². The maximum absolute atomic E-state index is 5.66. The lowest BCUT2D eigenvalue weighted by molar-refractivity contribution is 0.466. The SMILES string of the molecule is CCCCCCCCCCC(NN)c1cccc(C)n1. The molecule has 3 heteroatoms. The molecule has 0 aliphatic rings. The smallest absolute Gasteiger partial charge is 0.0632 e. The highest BCUT2D eigenvalue weighted by atomic mass is 15.2. The van der Waals surface area contributed by atoms with Gasteiger partial charge < -0.3 is 0 Å². The maximum Gasteiger partial charge on any atom is 0.0632 e. The van der Waals surface area contributed by atoms with Gasteiger partial charge in [-0.05, 0) is 25.5 Å². The third kappa shape index (κ3) is 7.01. The first-order valence-corrected chi connectivity index (χ1v) is 8.17. The van der Waals surface area contributed by atoms with E-state index in [0.29, 0.717) is 0 Å². The van der Waals surface area contributed by atoms with Gasteiger partial charge in [-0.25, -0.2) is 0 Å². The van der Waals surface area contributed by atoms with Crippen LogP contribution in [-0.2, 0) is 0 Å². The van der Waals surface area contributed by atoms with Crippen LogP contribution < -0.4 is 11.3 Å². The van der Waals surface area contributed by atoms with E-state index in [1.165, 1.54) is 51.4 Å². The molecule has 3 N–H and O–H groups in total. The molecule has 1 atom stereocenters. The highest BCUT2D eigenvalue weighted by Gasteiger charge is 2.10. The van der Waals surface area contributed by atoms with Gasteiger partial charge >= 0.3 is 0 Å². The van der Waals surface area contributed by atoms with E-state index in [1.54, 1.807) is 0 Å². The molecule has 0 aromatic carbocycles. The van der Waals surface area contributed by atoms with Gasteiger partial charge in [-0.1, -0.05) is 64.4 Å². The zero-order valence-corrected chi connectivity index (χ0v) is 13.2. The first-order valence-electron chi connectivity index (χ1n) is 8.17. The molecule has 0 radical (unpaired) electrons. The van der Waals surface area contributed by atoms with Crippen molar-refractivity contribution in [3.63, 3.8) is 0 Å². The Morgan fingerprint density at radius 3 is 2.30 bits per heavy atom. The van der Waals surface area contributed by atoms with Gasteiger partial charge in [0.05, 0.1) is 11.7 Å². The van der Waals surface area contributed by atoms with Crippen molar-refractivity contribution < 1.29 is 0 Å². The normalized spacial score (nSPS) is 12.6. The molecule has 1 aromatic rings. The molecule has 0 amide bonds. The molecule has 114 valence electrons. The van der Waals surface area contributed by atoms with Gasteiger partial charge in [0.1, 0.15) is 0 Å². The largest absolute Gasteiger partial charge is 0.271 e. The molecule has 0 saturated heterocycles. The van der Waals surface area contributed by atoms with Crippen molar-refractivity contribution in [3.05, 3.63) is 29.6 Å². The molecule has 20 heavy (non-hydrogen) atoms. The summed E-state index contributed by atoms with van der Waals surface area (Å²) in [5.74, 6) is 5.66. The predicted octanol–water partition coefficient (Wildman–Crippen LogP) is 4.43. The molecule has 0 fully saturated rings. The molecular formula is C17H31N3. The van der Waals surface area contributed by atoms with Crippen molar-refractivity contribution in [1.82, 2.24) is 10.4 Å². The lowest BCUT2D eigenvalue weighted by atomic mass is 10.0. The second-order valence-electron chi connectivity index (χ2n) is 5.69. The van der Waals surface area contributed by atoms with Crippen LogP contribution in [0.3, 0.4) is 0 Å². The number of rotatable bonds is 11. The van der Waals surface area contributed by atoms with Crippen LogP contribution >= 0.6 is 0 Å². The fraction of sp³-hybridized carbons (Fsp3) is 0.706. The number of hydrazine groups is 1. The number of aromatic nitrogens is 1. The van der Waals surface area contributed by atoms with Crippen LogP contribution in [0.1, 0.15) is 82.1 Å². The minimum atomic E-state index is 0.190. The summed E-state index contributed by atoms with van der Waals surface area (Å²) in [5.41, 5.74) is 5.02. The van der Waals surface area contributed by atoms with Crippen LogP contribution in [0.2, 0.25) is 0 Å². The van der Waals surface area contributed by atoms with E-state index < -0.39 is 0 Å². The summed E-state index contributed by atoms with van der Waals surface area (Å²) >= 11 is 0. The molecule has 1 rings (SSSR count). The second-order valence-corrected chi connectivity index (χ2v) is 5.69. The molecule has 1 unspecified atom stereocenters. The zero-order chi connectivity index (χ0) is 14.6. The van der Waals surface area contributed by atoms with E-state index in [9.17, 15) is 0 Å². The van der Waals surface area contributed by atoms with Crippen LogP contribution in [0.15, 0.2) is 18.2 Å². The Labute approximate surface area is 124 Å². The van der Waals surface area contributed by atoms with Gasteiger partial charge in [0, 0.05) is 5.69 Å². The van der Waals surface area contributed by atoms with Crippen LogP contribution in [0.4, 0.5) is 0 Å². The third-order valence-electron chi connectivity index (χ3n) is 3.81.